The first-order chi connectivity index (χ1) is 17.5. The van der Waals surface area contributed by atoms with Crippen molar-refractivity contribution >= 4 is 63.0 Å². The minimum atomic E-state index is -0.410. The van der Waals surface area contributed by atoms with Crippen molar-refractivity contribution in [1.82, 2.24) is 15.0 Å². The molecule has 3 heterocycles. The van der Waals surface area contributed by atoms with Gasteiger partial charge in [-0.1, -0.05) is 46.7 Å². The van der Waals surface area contributed by atoms with Gasteiger partial charge in [0, 0.05) is 30.7 Å². The highest BCUT2D eigenvalue weighted by Gasteiger charge is 2.22. The standard InChI is InChI=1S/C24H21Cl2N7O2S/c25-17-5-4-16(13-18(17)26)30-23(34)29-15-3-1-2-14(12-15)21-20(19-6-7-28-22(27)31-19)32-24(36-21)33-8-10-35-11-9-33/h1-7,12-13H,8-11H2,(H2,27,28,31)(H2,29,30,34). The summed E-state index contributed by atoms with van der Waals surface area (Å²) in [6.07, 6.45) is 1.61. The first kappa shape index (κ1) is 24.3. The molecule has 2 aromatic heterocycles. The van der Waals surface area contributed by atoms with Crippen molar-refractivity contribution < 1.29 is 9.53 Å². The fraction of sp³-hybridized carbons (Fsp3) is 0.167. The zero-order chi connectivity index (χ0) is 25.1. The Hall–Kier alpha value is -3.44. The number of carbonyl (C=O) groups excluding carboxylic acids is 1. The number of rotatable bonds is 5. The SMILES string of the molecule is Nc1nccc(-c2nc(N3CCOCC3)sc2-c2cccc(NC(=O)Nc3ccc(Cl)c(Cl)c3)c2)n1. The lowest BCUT2D eigenvalue weighted by molar-refractivity contribution is 0.122. The predicted molar refractivity (Wildman–Crippen MR) is 145 cm³/mol. The Bertz CT molecular complexity index is 1410. The molecule has 2 aromatic carbocycles. The number of nitrogens with one attached hydrogen (secondary N) is 2. The molecule has 4 N–H and O–H groups in total. The number of nitrogen functional groups attached to an aromatic ring is 1. The number of carbonyl (C=O) groups is 1. The number of nitrogens with two attached hydrogens (primary N) is 1. The molecular weight excluding hydrogens is 521 g/mol. The van der Waals surface area contributed by atoms with Crippen LogP contribution in [0.1, 0.15) is 0 Å². The smallest absolute Gasteiger partial charge is 0.323 e. The molecule has 184 valence electrons. The number of ether oxygens (including phenoxy) is 1. The van der Waals surface area contributed by atoms with Crippen LogP contribution in [0.3, 0.4) is 0 Å². The molecule has 4 aromatic rings. The van der Waals surface area contributed by atoms with E-state index in [2.05, 4.69) is 25.5 Å². The highest BCUT2D eigenvalue weighted by Crippen LogP contribution is 2.40. The maximum Gasteiger partial charge on any atom is 0.323 e. The van der Waals surface area contributed by atoms with Crippen molar-refractivity contribution in [3.63, 3.8) is 0 Å². The van der Waals surface area contributed by atoms with Crippen LogP contribution in [-0.2, 0) is 4.74 Å². The monoisotopic (exact) mass is 541 g/mol. The molecule has 0 unspecified atom stereocenters. The van der Waals surface area contributed by atoms with E-state index in [1.807, 2.05) is 24.3 Å². The van der Waals surface area contributed by atoms with E-state index in [4.69, 9.17) is 38.7 Å². The Kier molecular flexibility index (Phi) is 7.19. The van der Waals surface area contributed by atoms with Gasteiger partial charge in [-0.3, -0.25) is 0 Å². The number of halogens is 2. The second-order valence-corrected chi connectivity index (χ2v) is 9.65. The van der Waals surface area contributed by atoms with Crippen LogP contribution < -0.4 is 21.3 Å². The third-order valence-corrected chi connectivity index (χ3v) is 7.28. The first-order valence-electron chi connectivity index (χ1n) is 11.0. The average Bonchev–Trinajstić information content (AvgIpc) is 3.33. The minimum Gasteiger partial charge on any atom is -0.378 e. The molecule has 0 bridgehead atoms. The first-order valence-corrected chi connectivity index (χ1v) is 12.6. The number of urea groups is 1. The minimum absolute atomic E-state index is 0.175. The Morgan fingerprint density at radius 3 is 2.53 bits per heavy atom. The summed E-state index contributed by atoms with van der Waals surface area (Å²) in [5.41, 5.74) is 9.20. The maximum absolute atomic E-state index is 12.6. The highest BCUT2D eigenvalue weighted by molar-refractivity contribution is 7.19. The number of hydrogen-bond acceptors (Lipinski definition) is 8. The van der Waals surface area contributed by atoms with Gasteiger partial charge in [0.2, 0.25) is 5.95 Å². The van der Waals surface area contributed by atoms with Gasteiger partial charge < -0.3 is 26.0 Å². The topological polar surface area (TPSA) is 118 Å². The summed E-state index contributed by atoms with van der Waals surface area (Å²) in [6.45, 7) is 2.82. The summed E-state index contributed by atoms with van der Waals surface area (Å²) < 4.78 is 5.49. The van der Waals surface area contributed by atoms with Gasteiger partial charge in [-0.2, -0.15) is 0 Å². The van der Waals surface area contributed by atoms with Crippen molar-refractivity contribution in [3.05, 3.63) is 64.8 Å². The Labute approximate surface area is 221 Å². The molecule has 0 saturated carbocycles. The second kappa shape index (κ2) is 10.7. The molecule has 1 fully saturated rings. The van der Waals surface area contributed by atoms with E-state index in [1.165, 1.54) is 0 Å². The van der Waals surface area contributed by atoms with Crippen LogP contribution in [0.15, 0.2) is 54.7 Å². The van der Waals surface area contributed by atoms with Crippen LogP contribution in [-0.4, -0.2) is 47.3 Å². The average molecular weight is 542 g/mol. The quantitative estimate of drug-likeness (QED) is 0.299. The van der Waals surface area contributed by atoms with E-state index < -0.39 is 6.03 Å². The lowest BCUT2D eigenvalue weighted by Crippen LogP contribution is -2.36. The summed E-state index contributed by atoms with van der Waals surface area (Å²) >= 11 is 13.6. The number of aromatic nitrogens is 3. The van der Waals surface area contributed by atoms with Crippen molar-refractivity contribution in [2.75, 3.05) is 47.6 Å². The number of anilines is 4. The van der Waals surface area contributed by atoms with Gasteiger partial charge in [-0.25, -0.2) is 19.7 Å². The number of morpholine rings is 1. The molecule has 0 atom stereocenters. The molecule has 9 nitrogen and oxygen atoms in total. The molecule has 1 aliphatic heterocycles. The third kappa shape index (κ3) is 5.52. The summed E-state index contributed by atoms with van der Waals surface area (Å²) in [7, 11) is 0. The summed E-state index contributed by atoms with van der Waals surface area (Å²) in [6, 6.07) is 13.8. The van der Waals surface area contributed by atoms with Crippen LogP contribution in [0.5, 0.6) is 0 Å². The van der Waals surface area contributed by atoms with E-state index in [0.29, 0.717) is 46.0 Å². The van der Waals surface area contributed by atoms with Crippen molar-refractivity contribution in [2.24, 2.45) is 0 Å². The fourth-order valence-corrected chi connectivity index (χ4v) is 5.10. The van der Waals surface area contributed by atoms with E-state index in [0.717, 1.165) is 28.7 Å². The molecule has 1 saturated heterocycles. The molecule has 2 amide bonds. The summed E-state index contributed by atoms with van der Waals surface area (Å²) in [5, 5.41) is 7.26. The summed E-state index contributed by atoms with van der Waals surface area (Å²) in [5.74, 6) is 0.175. The van der Waals surface area contributed by atoms with Crippen molar-refractivity contribution in [2.45, 2.75) is 0 Å². The molecule has 0 spiro atoms. The third-order valence-electron chi connectivity index (χ3n) is 5.37. The van der Waals surface area contributed by atoms with Gasteiger partial charge in [0.1, 0.15) is 5.69 Å². The van der Waals surface area contributed by atoms with Gasteiger partial charge in [0.25, 0.3) is 0 Å². The number of thiazole rings is 1. The van der Waals surface area contributed by atoms with Gasteiger partial charge in [0.15, 0.2) is 5.13 Å². The number of benzene rings is 2. The van der Waals surface area contributed by atoms with Crippen molar-refractivity contribution in [3.8, 4) is 21.8 Å². The summed E-state index contributed by atoms with van der Waals surface area (Å²) in [4.78, 5) is 29.0. The highest BCUT2D eigenvalue weighted by atomic mass is 35.5. The zero-order valence-corrected chi connectivity index (χ0v) is 21.2. The number of hydrogen-bond donors (Lipinski definition) is 3. The van der Waals surface area contributed by atoms with Gasteiger partial charge in [-0.15, -0.1) is 0 Å². The van der Waals surface area contributed by atoms with E-state index in [9.17, 15) is 4.79 Å². The number of nitrogens with zero attached hydrogens (tertiary/aromatic N) is 4. The van der Waals surface area contributed by atoms with Crippen LogP contribution >= 0.6 is 34.5 Å². The molecule has 5 rings (SSSR count). The van der Waals surface area contributed by atoms with Gasteiger partial charge >= 0.3 is 6.03 Å². The van der Waals surface area contributed by atoms with E-state index in [1.54, 1.807) is 41.8 Å². The lowest BCUT2D eigenvalue weighted by atomic mass is 10.1. The molecular formula is C24H21Cl2N7O2S. The van der Waals surface area contributed by atoms with Gasteiger partial charge in [0.05, 0.1) is 33.8 Å². The largest absolute Gasteiger partial charge is 0.378 e. The van der Waals surface area contributed by atoms with Crippen molar-refractivity contribution in [1.29, 1.82) is 0 Å². The molecule has 0 aliphatic carbocycles. The van der Waals surface area contributed by atoms with E-state index >= 15 is 0 Å². The molecule has 12 heteroatoms. The van der Waals surface area contributed by atoms with Crippen LogP contribution in [0, 0.1) is 0 Å². The predicted octanol–water partition coefficient (Wildman–Crippen LogP) is 5.64. The number of amides is 2. The Morgan fingerprint density at radius 1 is 1.00 bits per heavy atom. The van der Waals surface area contributed by atoms with E-state index in [-0.39, 0.29) is 5.95 Å². The Balaban J connectivity index is 1.43. The Morgan fingerprint density at radius 2 is 1.78 bits per heavy atom. The molecule has 36 heavy (non-hydrogen) atoms. The van der Waals surface area contributed by atoms with Crippen LogP contribution in [0.4, 0.5) is 27.2 Å². The molecule has 0 radical (unpaired) electrons. The zero-order valence-electron chi connectivity index (χ0n) is 18.9. The lowest BCUT2D eigenvalue weighted by Gasteiger charge is -2.26. The van der Waals surface area contributed by atoms with Crippen LogP contribution in [0.25, 0.3) is 21.8 Å². The molecule has 1 aliphatic rings. The maximum atomic E-state index is 12.6. The second-order valence-electron chi connectivity index (χ2n) is 7.86. The normalized spacial score (nSPS) is 13.4. The van der Waals surface area contributed by atoms with Crippen LogP contribution in [0.2, 0.25) is 10.0 Å². The van der Waals surface area contributed by atoms with Gasteiger partial charge in [-0.05, 0) is 42.0 Å². The fourth-order valence-electron chi connectivity index (χ4n) is 3.68.